The predicted octanol–water partition coefficient (Wildman–Crippen LogP) is 17.1. The van der Waals surface area contributed by atoms with E-state index in [1.54, 1.807) is 0 Å². The molecule has 0 radical (unpaired) electrons. The monoisotopic (exact) mass is 1080 g/mol. The maximum Gasteiger partial charge on any atom is 0.135 e. The molecule has 0 spiro atoms. The zero-order valence-electron chi connectivity index (χ0n) is 42.7. The molecule has 8 aromatic rings. The zero-order chi connectivity index (χ0) is 48.0. The molecule has 68 heavy (non-hydrogen) atoms. The van der Waals surface area contributed by atoms with E-state index in [1.165, 1.54) is 38.9 Å². The standard InChI is InChI=1S/C62H67N4O.Pt/c1-58(2,3)42-23-26-54-56(35-42)64(39-65(54)48-32-41(31-46(34-48)62(13,14)15)40-29-44(60(7,8)9)33-45(30-40)61(10,11)12)47-19-18-20-49(37-47)67-50-24-25-52-51-21-16-17-22-53(51)66(55(52)38-50)57-36-43(27-28-63-57)59(4,5)6;/h16-36,39H,1-15H3;/q-3;. The second kappa shape index (κ2) is 17.4. The van der Waals surface area contributed by atoms with Crippen molar-refractivity contribution in [2.24, 2.45) is 0 Å². The van der Waals surface area contributed by atoms with Crippen LogP contribution in [0.4, 0.5) is 22.7 Å². The third-order valence-electron chi connectivity index (χ3n) is 13.3. The van der Waals surface area contributed by atoms with Crippen LogP contribution in [0.25, 0.3) is 38.8 Å². The van der Waals surface area contributed by atoms with Crippen LogP contribution in [0.15, 0.2) is 128 Å². The number of rotatable bonds is 6. The summed E-state index contributed by atoms with van der Waals surface area (Å²) in [6.07, 6.45) is 1.91. The van der Waals surface area contributed by atoms with Gasteiger partial charge in [0.05, 0.1) is 0 Å². The van der Waals surface area contributed by atoms with Gasteiger partial charge in [0.2, 0.25) is 0 Å². The van der Waals surface area contributed by atoms with Gasteiger partial charge < -0.3 is 19.1 Å². The number of fused-ring (bicyclic) bond motifs is 4. The molecule has 6 heteroatoms. The first-order valence-electron chi connectivity index (χ1n) is 23.9. The summed E-state index contributed by atoms with van der Waals surface area (Å²) in [5, 5.41) is 2.24. The van der Waals surface area contributed by atoms with Crippen molar-refractivity contribution in [1.29, 1.82) is 0 Å². The van der Waals surface area contributed by atoms with E-state index in [2.05, 4.69) is 246 Å². The molecule has 0 aliphatic carbocycles. The Hall–Kier alpha value is -5.64. The largest absolute Gasteiger partial charge is 0.509 e. The molecular weight excluding hydrogens is 1010 g/mol. The number of hydrogen-bond donors (Lipinski definition) is 0. The molecule has 9 rings (SSSR count). The van der Waals surface area contributed by atoms with E-state index < -0.39 is 0 Å². The summed E-state index contributed by atoms with van der Waals surface area (Å²) in [7, 11) is 0. The van der Waals surface area contributed by atoms with Crippen molar-refractivity contribution in [3.8, 4) is 28.4 Å². The minimum Gasteiger partial charge on any atom is -0.509 e. The molecule has 0 bridgehead atoms. The minimum atomic E-state index is -0.0849. The van der Waals surface area contributed by atoms with Crippen LogP contribution in [0.1, 0.15) is 132 Å². The van der Waals surface area contributed by atoms with Crippen LogP contribution < -0.4 is 14.5 Å². The van der Waals surface area contributed by atoms with E-state index in [1.807, 2.05) is 18.3 Å². The molecule has 0 unspecified atom stereocenters. The zero-order valence-corrected chi connectivity index (χ0v) is 45.0. The first-order chi connectivity index (χ1) is 31.3. The molecule has 354 valence electrons. The number of anilines is 4. The van der Waals surface area contributed by atoms with E-state index >= 15 is 0 Å². The molecule has 0 saturated heterocycles. The Morgan fingerprint density at radius 2 is 1.06 bits per heavy atom. The quantitative estimate of drug-likeness (QED) is 0.155. The van der Waals surface area contributed by atoms with Crippen LogP contribution in [0.3, 0.4) is 0 Å². The van der Waals surface area contributed by atoms with E-state index in [0.717, 1.165) is 50.4 Å². The maximum absolute atomic E-state index is 6.71. The molecule has 1 aliphatic heterocycles. The molecule has 0 fully saturated rings. The molecule has 5 nitrogen and oxygen atoms in total. The topological polar surface area (TPSA) is 33.5 Å². The van der Waals surface area contributed by atoms with E-state index in [-0.39, 0.29) is 48.1 Å². The summed E-state index contributed by atoms with van der Waals surface area (Å²) in [6.45, 7) is 36.5. The van der Waals surface area contributed by atoms with Crippen LogP contribution in [0.2, 0.25) is 0 Å². The first-order valence-corrected chi connectivity index (χ1v) is 23.9. The van der Waals surface area contributed by atoms with Crippen molar-refractivity contribution >= 4 is 44.6 Å². The smallest absolute Gasteiger partial charge is 0.135 e. The molecule has 0 atom stereocenters. The SMILES string of the molecule is CC(C)(C)c1cc(-c2cc(C(C)(C)C)cc(C(C)(C)C)c2)cc(N2[CH-]N(c3[c-]c(Oc4[c-]c5c(cc4)c4ccccc4n5-c4cc(C(C)(C)C)ccn4)ccc3)c3cc(C(C)(C)C)ccc32)c1.[Pt]. The van der Waals surface area contributed by atoms with Gasteiger partial charge >= 0.3 is 0 Å². The average molecular weight is 1080 g/mol. The third kappa shape index (κ3) is 9.53. The van der Waals surface area contributed by atoms with Crippen LogP contribution in [0.5, 0.6) is 11.5 Å². The minimum absolute atomic E-state index is 0. The van der Waals surface area contributed by atoms with Gasteiger partial charge in [-0.3, -0.25) is 0 Å². The summed E-state index contributed by atoms with van der Waals surface area (Å²) in [5.41, 5.74) is 14.9. The maximum atomic E-state index is 6.71. The number of aromatic nitrogens is 2. The van der Waals surface area contributed by atoms with Gasteiger partial charge in [-0.1, -0.05) is 158 Å². The van der Waals surface area contributed by atoms with E-state index in [9.17, 15) is 0 Å². The normalized spacial score (nSPS) is 13.6. The summed E-state index contributed by atoms with van der Waals surface area (Å²) in [5.74, 6) is 2.07. The first kappa shape index (κ1) is 48.8. The fourth-order valence-corrected chi connectivity index (χ4v) is 8.97. The summed E-state index contributed by atoms with van der Waals surface area (Å²) in [6, 6.07) is 51.6. The van der Waals surface area contributed by atoms with Crippen molar-refractivity contribution in [3.63, 3.8) is 0 Å². The van der Waals surface area contributed by atoms with Crippen molar-refractivity contribution in [2.45, 2.75) is 131 Å². The summed E-state index contributed by atoms with van der Waals surface area (Å²) in [4.78, 5) is 9.49. The second-order valence-electron chi connectivity index (χ2n) is 23.7. The Labute approximate surface area is 420 Å². The Morgan fingerprint density at radius 1 is 0.471 bits per heavy atom. The average Bonchev–Trinajstić information content (AvgIpc) is 3.80. The van der Waals surface area contributed by atoms with Crippen molar-refractivity contribution in [2.75, 3.05) is 9.80 Å². The van der Waals surface area contributed by atoms with Gasteiger partial charge in [-0.05, 0) is 114 Å². The molecule has 6 aromatic carbocycles. The van der Waals surface area contributed by atoms with Gasteiger partial charge in [-0.2, -0.15) is 12.1 Å². The molecule has 0 N–H and O–H groups in total. The molecule has 3 heterocycles. The fourth-order valence-electron chi connectivity index (χ4n) is 8.97. The number of hydrogen-bond acceptors (Lipinski definition) is 4. The van der Waals surface area contributed by atoms with Gasteiger partial charge in [0, 0.05) is 61.3 Å². The van der Waals surface area contributed by atoms with Crippen LogP contribution in [0, 0.1) is 18.8 Å². The fraction of sp³-hybridized carbons (Fsp3) is 0.323. The van der Waals surface area contributed by atoms with E-state index in [4.69, 9.17) is 9.72 Å². The Morgan fingerprint density at radius 3 is 1.71 bits per heavy atom. The van der Waals surface area contributed by atoms with Gasteiger partial charge in [-0.15, -0.1) is 48.1 Å². The molecular formula is C62H67N4OPt-3. The number of nitrogens with zero attached hydrogens (tertiary/aromatic N) is 4. The van der Waals surface area contributed by atoms with Crippen LogP contribution in [-0.2, 0) is 48.1 Å². The van der Waals surface area contributed by atoms with Crippen molar-refractivity contribution in [1.82, 2.24) is 9.55 Å². The number of ether oxygens (including phenoxy) is 1. The van der Waals surface area contributed by atoms with Crippen molar-refractivity contribution < 1.29 is 25.8 Å². The van der Waals surface area contributed by atoms with Crippen LogP contribution in [-0.4, -0.2) is 9.55 Å². The van der Waals surface area contributed by atoms with Crippen LogP contribution >= 0.6 is 0 Å². The van der Waals surface area contributed by atoms with Gasteiger partial charge in [0.1, 0.15) is 5.82 Å². The van der Waals surface area contributed by atoms with Gasteiger partial charge in [0.25, 0.3) is 0 Å². The van der Waals surface area contributed by atoms with Gasteiger partial charge in [0.15, 0.2) is 0 Å². The molecule has 2 aromatic heterocycles. The number of benzene rings is 6. The second-order valence-corrected chi connectivity index (χ2v) is 23.7. The Balaban J connectivity index is 0.00000625. The number of pyridine rings is 1. The van der Waals surface area contributed by atoms with Gasteiger partial charge in [-0.25, -0.2) is 4.98 Å². The Kier molecular flexibility index (Phi) is 12.5. The third-order valence-corrected chi connectivity index (χ3v) is 13.3. The molecule has 0 amide bonds. The molecule has 0 saturated carbocycles. The Bertz CT molecular complexity index is 3150. The molecule has 1 aliphatic rings. The summed E-state index contributed by atoms with van der Waals surface area (Å²) >= 11 is 0. The number of para-hydroxylation sites is 1. The summed E-state index contributed by atoms with van der Waals surface area (Å²) < 4.78 is 8.92. The van der Waals surface area contributed by atoms with E-state index in [0.29, 0.717) is 11.5 Å². The van der Waals surface area contributed by atoms with Crippen molar-refractivity contribution in [3.05, 3.63) is 174 Å². The predicted molar refractivity (Wildman–Crippen MR) is 283 cm³/mol.